The van der Waals surface area contributed by atoms with E-state index in [4.69, 9.17) is 0 Å². The Morgan fingerprint density at radius 2 is 1.72 bits per heavy atom. The minimum Gasteiger partial charge on any atom is -0.295 e. The van der Waals surface area contributed by atoms with Crippen LogP contribution in [0.2, 0.25) is 0 Å². The van der Waals surface area contributed by atoms with Crippen molar-refractivity contribution >= 4 is 5.78 Å². The van der Waals surface area contributed by atoms with Crippen molar-refractivity contribution in [1.82, 2.24) is 0 Å². The Morgan fingerprint density at radius 1 is 0.966 bits per heavy atom. The van der Waals surface area contributed by atoms with E-state index < -0.39 is 0 Å². The number of fused-ring (bicyclic) bond motifs is 4. The summed E-state index contributed by atoms with van der Waals surface area (Å²) < 4.78 is 0. The van der Waals surface area contributed by atoms with E-state index in [-0.39, 0.29) is 5.41 Å². The highest BCUT2D eigenvalue weighted by Crippen LogP contribution is 2.63. The number of rotatable bonds is 4. The first-order chi connectivity index (χ1) is 13.7. The minimum absolute atomic E-state index is 0.169. The van der Waals surface area contributed by atoms with E-state index in [1.165, 1.54) is 31.3 Å². The Labute approximate surface area is 178 Å². The summed E-state index contributed by atoms with van der Waals surface area (Å²) in [6.45, 7) is 14.4. The zero-order valence-electron chi connectivity index (χ0n) is 19.4. The molecule has 0 aliphatic heterocycles. The monoisotopic (exact) mass is 392 g/mol. The molecule has 0 aromatic carbocycles. The average molecular weight is 393 g/mol. The molecule has 0 N–H and O–H groups in total. The molecule has 4 aliphatic carbocycles. The van der Waals surface area contributed by atoms with E-state index in [1.807, 2.05) is 6.08 Å². The molecule has 6 atom stereocenters. The van der Waals surface area contributed by atoms with Crippen molar-refractivity contribution in [2.24, 2.45) is 40.4 Å². The maximum atomic E-state index is 12.0. The van der Waals surface area contributed by atoms with Gasteiger partial charge in [0, 0.05) is 6.42 Å². The number of hydrogen-bond acceptors (Lipinski definition) is 1. The quantitative estimate of drug-likeness (QED) is 0.454. The highest BCUT2D eigenvalue weighted by molar-refractivity contribution is 5.92. The second-order valence-corrected chi connectivity index (χ2v) is 11.3. The van der Waals surface area contributed by atoms with Crippen LogP contribution in [0.15, 0.2) is 47.1 Å². The second-order valence-electron chi connectivity index (χ2n) is 11.3. The number of carbonyl (C=O) groups is 1. The van der Waals surface area contributed by atoms with Gasteiger partial charge in [-0.2, -0.15) is 0 Å². The molecule has 1 heteroatoms. The lowest BCUT2D eigenvalue weighted by Gasteiger charge is -2.51. The summed E-state index contributed by atoms with van der Waals surface area (Å²) >= 11 is 0. The van der Waals surface area contributed by atoms with E-state index >= 15 is 0 Å². The van der Waals surface area contributed by atoms with Crippen LogP contribution >= 0.6 is 0 Å². The SMILES string of the molecule is CC(C)C(C)/C=C/[C@@H](C)[C@H]1CCC2=C3C=CC4=CC(=O)CC[C@]4(C)[C@H]3CC[C@@]21C. The third-order valence-electron chi connectivity index (χ3n) is 9.37. The van der Waals surface area contributed by atoms with Crippen molar-refractivity contribution in [2.45, 2.75) is 80.1 Å². The molecule has 0 bridgehead atoms. The maximum absolute atomic E-state index is 12.0. The molecular weight excluding hydrogens is 352 g/mol. The van der Waals surface area contributed by atoms with Crippen molar-refractivity contribution in [3.05, 3.63) is 47.1 Å². The fourth-order valence-corrected chi connectivity index (χ4v) is 6.91. The van der Waals surface area contributed by atoms with Crippen molar-refractivity contribution < 1.29 is 4.79 Å². The van der Waals surface area contributed by atoms with Crippen molar-refractivity contribution in [2.75, 3.05) is 0 Å². The summed E-state index contributed by atoms with van der Waals surface area (Å²) in [5.74, 6) is 3.69. The zero-order valence-corrected chi connectivity index (χ0v) is 19.4. The normalized spacial score (nSPS) is 38.7. The average Bonchev–Trinajstić information content (AvgIpc) is 3.03. The summed E-state index contributed by atoms with van der Waals surface area (Å²) in [5, 5.41) is 0. The lowest BCUT2D eigenvalue weighted by molar-refractivity contribution is -0.116. The first kappa shape index (κ1) is 20.9. The number of ketones is 1. The van der Waals surface area contributed by atoms with Gasteiger partial charge in [0.15, 0.2) is 5.78 Å². The topological polar surface area (TPSA) is 17.1 Å². The lowest BCUT2D eigenvalue weighted by atomic mass is 9.53. The summed E-state index contributed by atoms with van der Waals surface area (Å²) in [7, 11) is 0. The highest BCUT2D eigenvalue weighted by Gasteiger charge is 2.53. The van der Waals surface area contributed by atoms with Crippen LogP contribution in [0.25, 0.3) is 0 Å². The summed E-state index contributed by atoms with van der Waals surface area (Å²) in [6, 6.07) is 0. The fraction of sp³-hybridized carbons (Fsp3) is 0.679. The van der Waals surface area contributed by atoms with Crippen LogP contribution in [0.1, 0.15) is 80.1 Å². The van der Waals surface area contributed by atoms with Gasteiger partial charge in [-0.1, -0.05) is 71.4 Å². The molecule has 29 heavy (non-hydrogen) atoms. The van der Waals surface area contributed by atoms with Crippen molar-refractivity contribution in [3.63, 3.8) is 0 Å². The second kappa shape index (κ2) is 7.40. The van der Waals surface area contributed by atoms with Crippen LogP contribution in [-0.2, 0) is 4.79 Å². The van der Waals surface area contributed by atoms with E-state index in [1.54, 1.807) is 11.1 Å². The Morgan fingerprint density at radius 3 is 2.45 bits per heavy atom. The molecule has 158 valence electrons. The smallest absolute Gasteiger partial charge is 0.156 e. The van der Waals surface area contributed by atoms with Crippen LogP contribution < -0.4 is 0 Å². The first-order valence-electron chi connectivity index (χ1n) is 12.0. The molecule has 0 heterocycles. The van der Waals surface area contributed by atoms with Gasteiger partial charge in [-0.15, -0.1) is 0 Å². The Kier molecular flexibility index (Phi) is 5.33. The van der Waals surface area contributed by atoms with Gasteiger partial charge >= 0.3 is 0 Å². The molecular formula is C28H40O. The van der Waals surface area contributed by atoms with E-state index in [0.717, 1.165) is 18.8 Å². The Hall–Kier alpha value is -1.37. The summed E-state index contributed by atoms with van der Waals surface area (Å²) in [5.41, 5.74) is 5.21. The molecule has 4 aliphatic rings. The third-order valence-corrected chi connectivity index (χ3v) is 9.37. The Bertz CT molecular complexity index is 806. The lowest BCUT2D eigenvalue weighted by Crippen LogP contribution is -2.41. The van der Waals surface area contributed by atoms with Gasteiger partial charge in [-0.25, -0.2) is 0 Å². The molecule has 0 amide bonds. The molecule has 0 radical (unpaired) electrons. The van der Waals surface area contributed by atoms with E-state index in [2.05, 4.69) is 65.8 Å². The largest absolute Gasteiger partial charge is 0.295 e. The molecule has 1 saturated carbocycles. The number of carbonyl (C=O) groups excluding carboxylic acids is 1. The fourth-order valence-electron chi connectivity index (χ4n) is 6.91. The number of hydrogen-bond donors (Lipinski definition) is 0. The van der Waals surface area contributed by atoms with Crippen molar-refractivity contribution in [3.8, 4) is 0 Å². The predicted molar refractivity (Wildman–Crippen MR) is 122 cm³/mol. The highest BCUT2D eigenvalue weighted by atomic mass is 16.1. The van der Waals surface area contributed by atoms with Crippen LogP contribution in [0.4, 0.5) is 0 Å². The van der Waals surface area contributed by atoms with E-state index in [0.29, 0.717) is 34.9 Å². The van der Waals surface area contributed by atoms with Crippen LogP contribution in [0.5, 0.6) is 0 Å². The van der Waals surface area contributed by atoms with Crippen LogP contribution in [-0.4, -0.2) is 5.78 Å². The molecule has 0 aromatic rings. The molecule has 0 aromatic heterocycles. The molecule has 0 saturated heterocycles. The summed E-state index contributed by atoms with van der Waals surface area (Å²) in [4.78, 5) is 12.0. The zero-order chi connectivity index (χ0) is 21.0. The van der Waals surface area contributed by atoms with Gasteiger partial charge < -0.3 is 0 Å². The minimum atomic E-state index is 0.169. The molecule has 1 fully saturated rings. The van der Waals surface area contributed by atoms with Gasteiger partial charge in [0.05, 0.1) is 0 Å². The molecule has 1 nitrogen and oxygen atoms in total. The van der Waals surface area contributed by atoms with Gasteiger partial charge in [0.1, 0.15) is 0 Å². The van der Waals surface area contributed by atoms with Gasteiger partial charge in [0.25, 0.3) is 0 Å². The van der Waals surface area contributed by atoms with Crippen LogP contribution in [0, 0.1) is 40.4 Å². The first-order valence-corrected chi connectivity index (χ1v) is 12.0. The standard InChI is InChI=1S/C28H40O/c1-18(2)19(3)7-8-20(4)24-11-12-25-23-10-9-21-17-22(29)13-15-27(21,5)26(23)14-16-28(24,25)6/h7-10,17-20,24,26H,11-16H2,1-6H3/b8-7+/t19?,20-,24-,26+,27+,28-/m1/s1. The predicted octanol–water partition coefficient (Wildman–Crippen LogP) is 7.46. The molecule has 0 spiro atoms. The third kappa shape index (κ3) is 3.33. The van der Waals surface area contributed by atoms with E-state index in [9.17, 15) is 4.79 Å². The van der Waals surface area contributed by atoms with Gasteiger partial charge in [0.2, 0.25) is 0 Å². The van der Waals surface area contributed by atoms with Gasteiger partial charge in [-0.05, 0) is 89.7 Å². The van der Waals surface area contributed by atoms with Crippen molar-refractivity contribution in [1.29, 1.82) is 0 Å². The maximum Gasteiger partial charge on any atom is 0.156 e. The van der Waals surface area contributed by atoms with Crippen LogP contribution in [0.3, 0.4) is 0 Å². The molecule has 1 unspecified atom stereocenters. The van der Waals surface area contributed by atoms with Gasteiger partial charge in [-0.3, -0.25) is 4.79 Å². The molecule has 4 rings (SSSR count). The Balaban J connectivity index is 1.65. The number of allylic oxidation sites excluding steroid dienone is 8. The summed E-state index contributed by atoms with van der Waals surface area (Å²) in [6.07, 6.45) is 18.5.